The van der Waals surface area contributed by atoms with Crippen LogP contribution in [0.5, 0.6) is 5.75 Å². The van der Waals surface area contributed by atoms with E-state index < -0.39 is 0 Å². The van der Waals surface area contributed by atoms with Crippen LogP contribution >= 0.6 is 0 Å². The van der Waals surface area contributed by atoms with Crippen molar-refractivity contribution in [2.75, 3.05) is 17.7 Å². The fourth-order valence-electron chi connectivity index (χ4n) is 2.69. The molecule has 8 nitrogen and oxygen atoms in total. The molecule has 3 aromatic rings. The highest BCUT2D eigenvalue weighted by molar-refractivity contribution is 5.93. The Kier molecular flexibility index (Phi) is 6.36. The van der Waals surface area contributed by atoms with E-state index in [2.05, 4.69) is 25.9 Å². The highest BCUT2D eigenvalue weighted by Gasteiger charge is 2.10. The summed E-state index contributed by atoms with van der Waals surface area (Å²) in [4.78, 5) is 31.9. The third kappa shape index (κ3) is 5.52. The molecular weight excluding hydrogens is 370 g/mol. The molecule has 3 rings (SSSR count). The number of hydrogen-bond donors (Lipinski definition) is 3. The van der Waals surface area contributed by atoms with E-state index in [-0.39, 0.29) is 17.5 Å². The van der Waals surface area contributed by atoms with Gasteiger partial charge in [0.2, 0.25) is 5.91 Å². The standard InChI is InChI=1S/C21H21N5O3/c1-14(27)25-16-7-5-8-17(10-16)26-20-11-18(23-13-24-20)21(28)22-12-15-6-3-4-9-19(15)29-2/h3-11,13H,12H2,1-2H3,(H,22,28)(H,25,27)(H,23,24,26). The minimum atomic E-state index is -0.326. The van der Waals surface area contributed by atoms with Crippen molar-refractivity contribution in [2.45, 2.75) is 13.5 Å². The van der Waals surface area contributed by atoms with E-state index in [1.165, 1.54) is 13.3 Å². The molecule has 8 heteroatoms. The van der Waals surface area contributed by atoms with Crippen LogP contribution < -0.4 is 20.7 Å². The van der Waals surface area contributed by atoms with Crippen LogP contribution in [0.3, 0.4) is 0 Å². The summed E-state index contributed by atoms with van der Waals surface area (Å²) in [5, 5.41) is 8.65. The monoisotopic (exact) mass is 391 g/mol. The molecule has 1 aromatic heterocycles. The Bertz CT molecular complexity index is 1020. The number of nitrogens with zero attached hydrogens (tertiary/aromatic N) is 2. The van der Waals surface area contributed by atoms with Gasteiger partial charge in [0.15, 0.2) is 0 Å². The number of nitrogens with one attached hydrogen (secondary N) is 3. The number of methoxy groups -OCH3 is 1. The van der Waals surface area contributed by atoms with Crippen molar-refractivity contribution in [3.05, 3.63) is 72.2 Å². The molecule has 2 aromatic carbocycles. The van der Waals surface area contributed by atoms with Crippen LogP contribution in [0.2, 0.25) is 0 Å². The van der Waals surface area contributed by atoms with Gasteiger partial charge in [0, 0.05) is 36.5 Å². The zero-order valence-electron chi connectivity index (χ0n) is 16.1. The Labute approximate surface area is 168 Å². The van der Waals surface area contributed by atoms with Crippen LogP contribution in [0.15, 0.2) is 60.9 Å². The maximum absolute atomic E-state index is 12.5. The smallest absolute Gasteiger partial charge is 0.270 e. The van der Waals surface area contributed by atoms with E-state index >= 15 is 0 Å². The summed E-state index contributed by atoms with van der Waals surface area (Å²) in [7, 11) is 1.59. The van der Waals surface area contributed by atoms with Crippen LogP contribution in [0.1, 0.15) is 23.0 Å². The molecule has 0 radical (unpaired) electrons. The number of carbonyl (C=O) groups excluding carboxylic acids is 2. The van der Waals surface area contributed by atoms with Gasteiger partial charge in [0.1, 0.15) is 23.6 Å². The number of rotatable bonds is 7. The molecule has 0 bridgehead atoms. The van der Waals surface area contributed by atoms with E-state index in [9.17, 15) is 9.59 Å². The predicted octanol–water partition coefficient (Wildman–Crippen LogP) is 3.12. The molecular formula is C21H21N5O3. The minimum Gasteiger partial charge on any atom is -0.496 e. The number of benzene rings is 2. The average Bonchev–Trinajstić information content (AvgIpc) is 2.72. The summed E-state index contributed by atoms with van der Waals surface area (Å²) in [6, 6.07) is 16.2. The summed E-state index contributed by atoms with van der Waals surface area (Å²) >= 11 is 0. The SMILES string of the molecule is COc1ccccc1CNC(=O)c1cc(Nc2cccc(NC(C)=O)c2)ncn1. The molecule has 2 amide bonds. The molecule has 3 N–H and O–H groups in total. The molecule has 0 saturated heterocycles. The second kappa shape index (κ2) is 9.32. The normalized spacial score (nSPS) is 10.1. The zero-order chi connectivity index (χ0) is 20.6. The van der Waals surface area contributed by atoms with Crippen molar-refractivity contribution in [1.82, 2.24) is 15.3 Å². The first-order chi connectivity index (χ1) is 14.0. The van der Waals surface area contributed by atoms with E-state index in [1.807, 2.05) is 30.3 Å². The lowest BCUT2D eigenvalue weighted by Crippen LogP contribution is -2.24. The third-order valence-electron chi connectivity index (χ3n) is 3.99. The molecule has 1 heterocycles. The van der Waals surface area contributed by atoms with Crippen LogP contribution in [0.25, 0.3) is 0 Å². The van der Waals surface area contributed by atoms with Gasteiger partial charge >= 0.3 is 0 Å². The molecule has 0 spiro atoms. The molecule has 0 fully saturated rings. The number of carbonyl (C=O) groups is 2. The molecule has 0 aliphatic rings. The van der Waals surface area contributed by atoms with Crippen LogP contribution in [0.4, 0.5) is 17.2 Å². The first-order valence-electron chi connectivity index (χ1n) is 8.92. The maximum Gasteiger partial charge on any atom is 0.270 e. The Morgan fingerprint density at radius 2 is 1.79 bits per heavy atom. The zero-order valence-corrected chi connectivity index (χ0v) is 16.1. The van der Waals surface area contributed by atoms with Gasteiger partial charge < -0.3 is 20.7 Å². The van der Waals surface area contributed by atoms with Gasteiger partial charge in [-0.25, -0.2) is 9.97 Å². The van der Waals surface area contributed by atoms with E-state index in [0.717, 1.165) is 11.3 Å². The lowest BCUT2D eigenvalue weighted by molar-refractivity contribution is -0.114. The number of aromatic nitrogens is 2. The van der Waals surface area contributed by atoms with Crippen molar-refractivity contribution < 1.29 is 14.3 Å². The number of ether oxygens (including phenoxy) is 1. The number of amides is 2. The lowest BCUT2D eigenvalue weighted by Gasteiger charge is -2.10. The van der Waals surface area contributed by atoms with Crippen molar-refractivity contribution >= 4 is 29.0 Å². The van der Waals surface area contributed by atoms with Gasteiger partial charge in [-0.05, 0) is 24.3 Å². The Balaban J connectivity index is 1.67. The summed E-state index contributed by atoms with van der Waals surface area (Å²) in [6.07, 6.45) is 1.32. The topological polar surface area (TPSA) is 105 Å². The quantitative estimate of drug-likeness (QED) is 0.572. The second-order valence-corrected chi connectivity index (χ2v) is 6.17. The van der Waals surface area contributed by atoms with E-state index in [0.29, 0.717) is 23.8 Å². The van der Waals surface area contributed by atoms with Crippen LogP contribution in [-0.2, 0) is 11.3 Å². The summed E-state index contributed by atoms with van der Waals surface area (Å²) in [6.45, 7) is 1.76. The Morgan fingerprint density at radius 1 is 1.00 bits per heavy atom. The highest BCUT2D eigenvalue weighted by atomic mass is 16.5. The van der Waals surface area contributed by atoms with Crippen LogP contribution in [-0.4, -0.2) is 28.9 Å². The molecule has 0 unspecified atom stereocenters. The van der Waals surface area contributed by atoms with E-state index in [1.54, 1.807) is 31.4 Å². The summed E-state index contributed by atoms with van der Waals surface area (Å²) in [5.41, 5.74) is 2.47. The maximum atomic E-state index is 12.5. The predicted molar refractivity (Wildman–Crippen MR) is 110 cm³/mol. The number of anilines is 3. The average molecular weight is 391 g/mol. The van der Waals surface area contributed by atoms with Gasteiger partial charge in [0.05, 0.1) is 7.11 Å². The van der Waals surface area contributed by atoms with E-state index in [4.69, 9.17) is 4.74 Å². The fourth-order valence-corrected chi connectivity index (χ4v) is 2.69. The minimum absolute atomic E-state index is 0.154. The molecule has 0 aliphatic heterocycles. The molecule has 0 saturated carbocycles. The van der Waals surface area contributed by atoms with Gasteiger partial charge in [0.25, 0.3) is 5.91 Å². The Hall–Kier alpha value is -3.94. The van der Waals surface area contributed by atoms with Gasteiger partial charge in [-0.3, -0.25) is 9.59 Å². The summed E-state index contributed by atoms with van der Waals surface area (Å²) in [5.74, 6) is 0.686. The van der Waals surface area contributed by atoms with Gasteiger partial charge in [-0.1, -0.05) is 24.3 Å². The van der Waals surface area contributed by atoms with Crippen molar-refractivity contribution in [1.29, 1.82) is 0 Å². The fraction of sp³-hybridized carbons (Fsp3) is 0.143. The number of hydrogen-bond acceptors (Lipinski definition) is 6. The first-order valence-corrected chi connectivity index (χ1v) is 8.92. The van der Waals surface area contributed by atoms with Crippen molar-refractivity contribution in [2.24, 2.45) is 0 Å². The van der Waals surface area contributed by atoms with Gasteiger partial charge in [-0.2, -0.15) is 0 Å². The molecule has 148 valence electrons. The summed E-state index contributed by atoms with van der Waals surface area (Å²) < 4.78 is 5.29. The van der Waals surface area contributed by atoms with Crippen LogP contribution in [0, 0.1) is 0 Å². The molecule has 29 heavy (non-hydrogen) atoms. The third-order valence-corrected chi connectivity index (χ3v) is 3.99. The molecule has 0 atom stereocenters. The highest BCUT2D eigenvalue weighted by Crippen LogP contribution is 2.20. The van der Waals surface area contributed by atoms with Crippen molar-refractivity contribution in [3.63, 3.8) is 0 Å². The largest absolute Gasteiger partial charge is 0.496 e. The van der Waals surface area contributed by atoms with Crippen molar-refractivity contribution in [3.8, 4) is 5.75 Å². The van der Waals surface area contributed by atoms with Gasteiger partial charge in [-0.15, -0.1) is 0 Å². The number of para-hydroxylation sites is 1. The molecule has 0 aliphatic carbocycles. The second-order valence-electron chi connectivity index (χ2n) is 6.17. The Morgan fingerprint density at radius 3 is 2.59 bits per heavy atom. The lowest BCUT2D eigenvalue weighted by atomic mass is 10.2. The first kappa shape index (κ1) is 19.8.